The number of aryl methyl sites for hydroxylation is 1. The number of carbonyl (C=O) groups excluding carboxylic acids is 1. The third kappa shape index (κ3) is 4.77. The van der Waals surface area contributed by atoms with Gasteiger partial charge in [0, 0.05) is 0 Å². The zero-order chi connectivity index (χ0) is 20.8. The number of ether oxygens (including phenoxy) is 1. The number of thiazole rings is 1. The van der Waals surface area contributed by atoms with Crippen LogP contribution >= 0.6 is 11.3 Å². The molecule has 0 unspecified atom stereocenters. The SMILES string of the molecule is CCc1ccc2nc(N(CC[NH+](CC)CC)C(=O)c3ccccc3OC)sc2c1. The number of nitrogens with zero attached hydrogens (tertiary/aromatic N) is 2. The molecule has 0 aliphatic carbocycles. The molecule has 0 aliphatic rings. The van der Waals surface area contributed by atoms with Crippen LogP contribution < -0.4 is 14.5 Å². The summed E-state index contributed by atoms with van der Waals surface area (Å²) in [4.78, 5) is 21.6. The van der Waals surface area contributed by atoms with Crippen molar-refractivity contribution in [3.05, 3.63) is 53.6 Å². The summed E-state index contributed by atoms with van der Waals surface area (Å²) in [5, 5.41) is 0.746. The maximum absolute atomic E-state index is 13.5. The summed E-state index contributed by atoms with van der Waals surface area (Å²) in [6.45, 7) is 10.1. The van der Waals surface area contributed by atoms with Gasteiger partial charge in [-0.15, -0.1) is 0 Å². The lowest BCUT2D eigenvalue weighted by atomic mass is 10.1. The van der Waals surface area contributed by atoms with Gasteiger partial charge in [-0.2, -0.15) is 0 Å². The van der Waals surface area contributed by atoms with Crippen LogP contribution in [0.3, 0.4) is 0 Å². The fraction of sp³-hybridized carbons (Fsp3) is 0.391. The van der Waals surface area contributed by atoms with Gasteiger partial charge in [0.1, 0.15) is 5.75 Å². The van der Waals surface area contributed by atoms with E-state index in [0.717, 1.165) is 41.4 Å². The molecule has 0 saturated heterocycles. The predicted octanol–water partition coefficient (Wildman–Crippen LogP) is 3.44. The fourth-order valence-electron chi connectivity index (χ4n) is 3.42. The summed E-state index contributed by atoms with van der Waals surface area (Å²) in [6, 6.07) is 13.7. The number of likely N-dealkylation sites (N-methyl/N-ethyl adjacent to an activating group) is 1. The first-order valence-electron chi connectivity index (χ1n) is 10.3. The van der Waals surface area contributed by atoms with Gasteiger partial charge >= 0.3 is 0 Å². The number of benzene rings is 2. The smallest absolute Gasteiger partial charge is 0.264 e. The Balaban J connectivity index is 1.99. The molecule has 1 heterocycles. The Morgan fingerprint density at radius 2 is 1.90 bits per heavy atom. The maximum atomic E-state index is 13.5. The van der Waals surface area contributed by atoms with E-state index in [9.17, 15) is 4.79 Å². The Morgan fingerprint density at radius 3 is 2.59 bits per heavy atom. The first-order valence-corrected chi connectivity index (χ1v) is 11.1. The van der Waals surface area contributed by atoms with Gasteiger partial charge < -0.3 is 9.64 Å². The summed E-state index contributed by atoms with van der Waals surface area (Å²) in [5.74, 6) is 0.524. The van der Waals surface area contributed by atoms with E-state index in [0.29, 0.717) is 17.9 Å². The Kier molecular flexibility index (Phi) is 7.23. The lowest BCUT2D eigenvalue weighted by molar-refractivity contribution is -0.894. The molecule has 0 radical (unpaired) electrons. The van der Waals surface area contributed by atoms with E-state index in [4.69, 9.17) is 9.72 Å². The van der Waals surface area contributed by atoms with Crippen LogP contribution in [0, 0.1) is 0 Å². The van der Waals surface area contributed by atoms with Gasteiger partial charge in [0.25, 0.3) is 5.91 Å². The summed E-state index contributed by atoms with van der Waals surface area (Å²) in [7, 11) is 1.60. The molecule has 1 amide bonds. The van der Waals surface area contributed by atoms with Crippen molar-refractivity contribution in [2.75, 3.05) is 38.2 Å². The van der Waals surface area contributed by atoms with Crippen LogP contribution in [0.1, 0.15) is 36.7 Å². The van der Waals surface area contributed by atoms with Crippen molar-refractivity contribution in [1.82, 2.24) is 4.98 Å². The number of methoxy groups -OCH3 is 1. The first kappa shape index (κ1) is 21.3. The fourth-order valence-corrected chi connectivity index (χ4v) is 4.47. The summed E-state index contributed by atoms with van der Waals surface area (Å²) in [5.41, 5.74) is 2.79. The monoisotopic (exact) mass is 412 g/mol. The molecule has 1 aromatic heterocycles. The number of rotatable bonds is 9. The molecule has 0 spiro atoms. The number of hydrogen-bond acceptors (Lipinski definition) is 4. The van der Waals surface area contributed by atoms with Crippen molar-refractivity contribution < 1.29 is 14.4 Å². The minimum Gasteiger partial charge on any atom is -0.496 e. The van der Waals surface area contributed by atoms with Crippen LogP contribution in [0.25, 0.3) is 10.2 Å². The van der Waals surface area contributed by atoms with E-state index in [2.05, 4.69) is 39.0 Å². The number of aromatic nitrogens is 1. The van der Waals surface area contributed by atoms with E-state index >= 15 is 0 Å². The molecule has 0 atom stereocenters. The number of hydrogen-bond donors (Lipinski definition) is 1. The highest BCUT2D eigenvalue weighted by molar-refractivity contribution is 7.22. The Hall–Kier alpha value is -2.44. The first-order chi connectivity index (χ1) is 14.1. The molecular weight excluding hydrogens is 382 g/mol. The van der Waals surface area contributed by atoms with Gasteiger partial charge in [-0.05, 0) is 50.1 Å². The molecule has 29 heavy (non-hydrogen) atoms. The number of carbonyl (C=O) groups is 1. The number of para-hydroxylation sites is 1. The average Bonchev–Trinajstić information content (AvgIpc) is 3.19. The average molecular weight is 413 g/mol. The van der Waals surface area contributed by atoms with Crippen molar-refractivity contribution in [1.29, 1.82) is 0 Å². The highest BCUT2D eigenvalue weighted by Crippen LogP contribution is 2.31. The minimum absolute atomic E-state index is 0.0659. The highest BCUT2D eigenvalue weighted by Gasteiger charge is 2.25. The standard InChI is InChI=1S/C23H29N3O2S/c1-5-17-12-13-19-21(16-17)29-23(24-19)26(15-14-25(6-2)7-3)22(27)18-10-8-9-11-20(18)28-4/h8-13,16H,5-7,14-15H2,1-4H3/p+1. The van der Waals surface area contributed by atoms with Gasteiger partial charge in [-0.1, -0.05) is 36.5 Å². The van der Waals surface area contributed by atoms with Gasteiger partial charge in [0.05, 0.1) is 49.1 Å². The number of fused-ring (bicyclic) bond motifs is 1. The largest absolute Gasteiger partial charge is 0.496 e. The van der Waals surface area contributed by atoms with Crippen LogP contribution in [-0.2, 0) is 6.42 Å². The number of amides is 1. The van der Waals surface area contributed by atoms with Gasteiger partial charge in [0.15, 0.2) is 5.13 Å². The summed E-state index contributed by atoms with van der Waals surface area (Å²) >= 11 is 1.58. The lowest BCUT2D eigenvalue weighted by Crippen LogP contribution is -3.12. The van der Waals surface area contributed by atoms with E-state index < -0.39 is 0 Å². The molecule has 1 N–H and O–H groups in total. The lowest BCUT2D eigenvalue weighted by Gasteiger charge is -2.23. The Bertz CT molecular complexity index is 966. The van der Waals surface area contributed by atoms with E-state index in [-0.39, 0.29) is 5.91 Å². The normalized spacial score (nSPS) is 11.2. The predicted molar refractivity (Wildman–Crippen MR) is 121 cm³/mol. The molecule has 0 fully saturated rings. The molecule has 3 rings (SSSR count). The van der Waals surface area contributed by atoms with Crippen LogP contribution in [-0.4, -0.2) is 44.2 Å². The number of nitrogens with one attached hydrogen (secondary N) is 1. The van der Waals surface area contributed by atoms with Crippen molar-refractivity contribution >= 4 is 32.6 Å². The highest BCUT2D eigenvalue weighted by atomic mass is 32.1. The summed E-state index contributed by atoms with van der Waals surface area (Å²) in [6.07, 6.45) is 0.984. The molecular formula is C23H30N3O2S+. The van der Waals surface area contributed by atoms with Crippen LogP contribution in [0.2, 0.25) is 0 Å². The number of anilines is 1. The van der Waals surface area contributed by atoms with Gasteiger partial charge in [-0.3, -0.25) is 9.69 Å². The van der Waals surface area contributed by atoms with E-state index in [1.54, 1.807) is 18.4 Å². The zero-order valence-corrected chi connectivity index (χ0v) is 18.5. The Morgan fingerprint density at radius 1 is 1.14 bits per heavy atom. The second kappa shape index (κ2) is 9.85. The third-order valence-electron chi connectivity index (χ3n) is 5.35. The molecule has 0 aliphatic heterocycles. The molecule has 6 heteroatoms. The van der Waals surface area contributed by atoms with Gasteiger partial charge in [-0.25, -0.2) is 4.98 Å². The quantitative estimate of drug-likeness (QED) is 0.586. The summed E-state index contributed by atoms with van der Waals surface area (Å²) < 4.78 is 6.56. The minimum atomic E-state index is -0.0659. The number of quaternary nitrogens is 1. The second-order valence-corrected chi connectivity index (χ2v) is 8.03. The molecule has 0 saturated carbocycles. The molecule has 0 bridgehead atoms. The van der Waals surface area contributed by atoms with Crippen LogP contribution in [0.4, 0.5) is 5.13 Å². The van der Waals surface area contributed by atoms with Crippen molar-refractivity contribution in [3.63, 3.8) is 0 Å². The van der Waals surface area contributed by atoms with Crippen molar-refractivity contribution in [2.45, 2.75) is 27.2 Å². The van der Waals surface area contributed by atoms with E-state index in [1.165, 1.54) is 10.5 Å². The van der Waals surface area contributed by atoms with Crippen LogP contribution in [0.5, 0.6) is 5.75 Å². The van der Waals surface area contributed by atoms with E-state index in [1.807, 2.05) is 29.2 Å². The van der Waals surface area contributed by atoms with Gasteiger partial charge in [0.2, 0.25) is 0 Å². The van der Waals surface area contributed by atoms with Crippen LogP contribution in [0.15, 0.2) is 42.5 Å². The molecule has 2 aromatic carbocycles. The Labute approximate surface area is 176 Å². The molecule has 154 valence electrons. The second-order valence-electron chi connectivity index (χ2n) is 7.02. The zero-order valence-electron chi connectivity index (χ0n) is 17.7. The van der Waals surface area contributed by atoms with Crippen molar-refractivity contribution in [3.8, 4) is 5.75 Å². The molecule has 5 nitrogen and oxygen atoms in total. The maximum Gasteiger partial charge on any atom is 0.264 e. The molecule has 3 aromatic rings. The van der Waals surface area contributed by atoms with Crippen molar-refractivity contribution in [2.24, 2.45) is 0 Å². The topological polar surface area (TPSA) is 46.9 Å². The third-order valence-corrected chi connectivity index (χ3v) is 6.39.